The molecule has 1 fully saturated rings. The van der Waals surface area contributed by atoms with Crippen LogP contribution in [-0.4, -0.2) is 40.9 Å². The van der Waals surface area contributed by atoms with E-state index >= 15 is 0 Å². The van der Waals surface area contributed by atoms with Gasteiger partial charge in [-0.15, -0.1) is 0 Å². The summed E-state index contributed by atoms with van der Waals surface area (Å²) in [4.78, 5) is 23.1. The van der Waals surface area contributed by atoms with E-state index < -0.39 is 0 Å². The fourth-order valence-electron chi connectivity index (χ4n) is 3.51. The predicted octanol–water partition coefficient (Wildman–Crippen LogP) is 2.11. The van der Waals surface area contributed by atoms with E-state index in [9.17, 15) is 4.79 Å². The van der Waals surface area contributed by atoms with Crippen LogP contribution in [0.25, 0.3) is 5.65 Å². The molecule has 2 aromatic heterocycles. The molecular weight excluding hydrogens is 352 g/mol. The van der Waals surface area contributed by atoms with Crippen molar-refractivity contribution in [2.24, 2.45) is 4.99 Å². The van der Waals surface area contributed by atoms with Gasteiger partial charge in [0.25, 0.3) is 0 Å². The predicted molar refractivity (Wildman–Crippen MR) is 110 cm³/mol. The van der Waals surface area contributed by atoms with Gasteiger partial charge in [-0.05, 0) is 31.2 Å². The number of carbonyl (C=O) groups is 1. The molecule has 1 aliphatic heterocycles. The molecule has 0 radical (unpaired) electrons. The fourth-order valence-corrected chi connectivity index (χ4v) is 3.51. The van der Waals surface area contributed by atoms with E-state index in [0.29, 0.717) is 25.5 Å². The number of aliphatic imine (C=N–C) groups is 1. The molecule has 4 rings (SSSR count). The van der Waals surface area contributed by atoms with Crippen LogP contribution in [0, 0.1) is 6.92 Å². The summed E-state index contributed by atoms with van der Waals surface area (Å²) in [7, 11) is 1.73. The van der Waals surface area contributed by atoms with Crippen molar-refractivity contribution in [2.45, 2.75) is 25.9 Å². The standard InChI is InChI=1S/C21H24N6O/c1-15-7-6-10-19-24-17(14-26(15)19)12-23-21(22-2)25-16-11-20(28)27(13-16)18-8-4-3-5-9-18/h3-10,14,16H,11-13H2,1-2H3,(H2,22,23,25). The zero-order chi connectivity index (χ0) is 19.5. The molecule has 2 N–H and O–H groups in total. The Hall–Kier alpha value is -3.35. The Morgan fingerprint density at radius 1 is 1.21 bits per heavy atom. The van der Waals surface area contributed by atoms with Gasteiger partial charge in [-0.2, -0.15) is 0 Å². The first-order valence-electron chi connectivity index (χ1n) is 9.40. The number of para-hydroxylation sites is 1. The van der Waals surface area contributed by atoms with Gasteiger partial charge in [-0.3, -0.25) is 9.79 Å². The molecule has 3 aromatic rings. The third-order valence-electron chi connectivity index (χ3n) is 4.94. The number of benzene rings is 1. The quantitative estimate of drug-likeness (QED) is 0.540. The minimum atomic E-state index is 0.0159. The van der Waals surface area contributed by atoms with E-state index in [-0.39, 0.29) is 11.9 Å². The Kier molecular flexibility index (Phi) is 4.97. The second-order valence-corrected chi connectivity index (χ2v) is 6.94. The summed E-state index contributed by atoms with van der Waals surface area (Å²) >= 11 is 0. The number of hydrogen-bond donors (Lipinski definition) is 2. The van der Waals surface area contributed by atoms with Crippen LogP contribution in [0.3, 0.4) is 0 Å². The highest BCUT2D eigenvalue weighted by atomic mass is 16.2. The summed E-state index contributed by atoms with van der Waals surface area (Å²) < 4.78 is 2.07. The molecule has 1 amide bonds. The fraction of sp³-hybridized carbons (Fsp3) is 0.286. The number of pyridine rings is 1. The van der Waals surface area contributed by atoms with E-state index in [1.165, 1.54) is 0 Å². The van der Waals surface area contributed by atoms with Crippen LogP contribution < -0.4 is 15.5 Å². The van der Waals surface area contributed by atoms with Crippen molar-refractivity contribution in [3.05, 3.63) is 66.1 Å². The molecule has 28 heavy (non-hydrogen) atoms. The lowest BCUT2D eigenvalue weighted by Gasteiger charge is -2.18. The Morgan fingerprint density at radius 3 is 2.79 bits per heavy atom. The molecule has 1 atom stereocenters. The molecule has 0 aliphatic carbocycles. The molecule has 3 heterocycles. The van der Waals surface area contributed by atoms with Gasteiger partial charge in [-0.25, -0.2) is 4.98 Å². The van der Waals surface area contributed by atoms with E-state index in [4.69, 9.17) is 0 Å². The third-order valence-corrected chi connectivity index (χ3v) is 4.94. The van der Waals surface area contributed by atoms with Crippen molar-refractivity contribution in [2.75, 3.05) is 18.5 Å². The van der Waals surface area contributed by atoms with Crippen molar-refractivity contribution in [3.8, 4) is 0 Å². The number of hydrogen-bond acceptors (Lipinski definition) is 3. The van der Waals surface area contributed by atoms with Crippen molar-refractivity contribution in [1.82, 2.24) is 20.0 Å². The van der Waals surface area contributed by atoms with Gasteiger partial charge in [0.15, 0.2) is 5.96 Å². The van der Waals surface area contributed by atoms with Crippen LogP contribution >= 0.6 is 0 Å². The summed E-state index contributed by atoms with van der Waals surface area (Å²) in [6, 6.07) is 15.8. The molecule has 144 valence electrons. The molecule has 7 nitrogen and oxygen atoms in total. The molecule has 1 aromatic carbocycles. The number of amides is 1. The first kappa shape index (κ1) is 18.0. The number of anilines is 1. The Morgan fingerprint density at radius 2 is 2.04 bits per heavy atom. The monoisotopic (exact) mass is 376 g/mol. The summed E-state index contributed by atoms with van der Waals surface area (Å²) in [5.74, 6) is 0.788. The van der Waals surface area contributed by atoms with Crippen LogP contribution in [0.15, 0.2) is 59.7 Å². The highest BCUT2D eigenvalue weighted by molar-refractivity contribution is 5.97. The second-order valence-electron chi connectivity index (χ2n) is 6.94. The van der Waals surface area contributed by atoms with Crippen LogP contribution in [0.2, 0.25) is 0 Å². The number of aromatic nitrogens is 2. The number of nitrogens with one attached hydrogen (secondary N) is 2. The largest absolute Gasteiger partial charge is 0.351 e. The SMILES string of the molecule is CN=C(NCc1cn2c(C)cccc2n1)NC1CC(=O)N(c2ccccc2)C1. The molecule has 0 spiro atoms. The topological polar surface area (TPSA) is 74.0 Å². The average molecular weight is 376 g/mol. The molecular formula is C21H24N6O. The molecule has 7 heteroatoms. The first-order chi connectivity index (χ1) is 13.6. The van der Waals surface area contributed by atoms with Crippen molar-refractivity contribution in [3.63, 3.8) is 0 Å². The smallest absolute Gasteiger partial charge is 0.229 e. The lowest BCUT2D eigenvalue weighted by Crippen LogP contribution is -2.44. The van der Waals surface area contributed by atoms with Gasteiger partial charge < -0.3 is 19.9 Å². The van der Waals surface area contributed by atoms with Crippen molar-refractivity contribution < 1.29 is 4.79 Å². The van der Waals surface area contributed by atoms with Gasteiger partial charge in [0, 0.05) is 37.6 Å². The Labute approximate surface area is 164 Å². The zero-order valence-electron chi connectivity index (χ0n) is 16.1. The van der Waals surface area contributed by atoms with Crippen LogP contribution in [-0.2, 0) is 11.3 Å². The minimum Gasteiger partial charge on any atom is -0.351 e. The maximum Gasteiger partial charge on any atom is 0.229 e. The Bertz CT molecular complexity index is 1010. The van der Waals surface area contributed by atoms with E-state index in [2.05, 4.69) is 38.0 Å². The Balaban J connectivity index is 1.37. The second kappa shape index (κ2) is 7.72. The van der Waals surface area contributed by atoms with Gasteiger partial charge >= 0.3 is 0 Å². The minimum absolute atomic E-state index is 0.0159. The first-order valence-corrected chi connectivity index (χ1v) is 9.40. The van der Waals surface area contributed by atoms with Crippen LogP contribution in [0.1, 0.15) is 17.8 Å². The van der Waals surface area contributed by atoms with Crippen molar-refractivity contribution in [1.29, 1.82) is 0 Å². The lowest BCUT2D eigenvalue weighted by atomic mass is 10.2. The number of imidazole rings is 1. The number of rotatable bonds is 4. The molecule has 1 saturated heterocycles. The number of nitrogens with zero attached hydrogens (tertiary/aromatic N) is 4. The number of carbonyl (C=O) groups excluding carboxylic acids is 1. The van der Waals surface area contributed by atoms with Crippen LogP contribution in [0.5, 0.6) is 0 Å². The van der Waals surface area contributed by atoms with E-state index in [1.54, 1.807) is 7.05 Å². The van der Waals surface area contributed by atoms with Gasteiger partial charge in [-0.1, -0.05) is 24.3 Å². The third kappa shape index (κ3) is 3.69. The highest BCUT2D eigenvalue weighted by Gasteiger charge is 2.31. The zero-order valence-corrected chi connectivity index (χ0v) is 16.1. The number of aryl methyl sites for hydroxylation is 1. The maximum atomic E-state index is 12.4. The lowest BCUT2D eigenvalue weighted by molar-refractivity contribution is -0.117. The van der Waals surface area contributed by atoms with Gasteiger partial charge in [0.2, 0.25) is 5.91 Å². The molecule has 1 aliphatic rings. The highest BCUT2D eigenvalue weighted by Crippen LogP contribution is 2.20. The summed E-state index contributed by atoms with van der Waals surface area (Å²) in [5.41, 5.74) is 3.94. The van der Waals surface area contributed by atoms with E-state index in [0.717, 1.165) is 22.7 Å². The molecule has 0 saturated carbocycles. The van der Waals surface area contributed by atoms with Gasteiger partial charge in [0.1, 0.15) is 5.65 Å². The number of guanidine groups is 1. The normalized spacial score (nSPS) is 17.4. The van der Waals surface area contributed by atoms with Crippen molar-refractivity contribution >= 4 is 23.2 Å². The number of fused-ring (bicyclic) bond motifs is 1. The molecule has 1 unspecified atom stereocenters. The molecule has 0 bridgehead atoms. The average Bonchev–Trinajstić information content (AvgIpc) is 3.29. The van der Waals surface area contributed by atoms with E-state index in [1.807, 2.05) is 53.6 Å². The van der Waals surface area contributed by atoms with Gasteiger partial charge in [0.05, 0.1) is 18.3 Å². The summed E-state index contributed by atoms with van der Waals surface area (Å²) in [6.45, 7) is 3.24. The summed E-state index contributed by atoms with van der Waals surface area (Å²) in [6.07, 6.45) is 2.48. The maximum absolute atomic E-state index is 12.4. The van der Waals surface area contributed by atoms with Crippen LogP contribution in [0.4, 0.5) is 5.69 Å². The summed E-state index contributed by atoms with van der Waals surface area (Å²) in [5, 5.41) is 6.65.